The van der Waals surface area contributed by atoms with E-state index in [1.807, 2.05) is 0 Å². The van der Waals surface area contributed by atoms with Crippen molar-refractivity contribution < 1.29 is 23.1 Å². The second kappa shape index (κ2) is 8.64. The highest BCUT2D eigenvalue weighted by Crippen LogP contribution is 2.11. The third-order valence-corrected chi connectivity index (χ3v) is 4.79. The maximum atomic E-state index is 12.0. The molecule has 2 N–H and O–H groups in total. The number of amides is 1. The largest absolute Gasteiger partial charge is 0.481 e. The Kier molecular flexibility index (Phi) is 7.18. The van der Waals surface area contributed by atoms with Crippen molar-refractivity contribution in [1.29, 1.82) is 0 Å². The molecule has 0 fully saturated rings. The van der Waals surface area contributed by atoms with Crippen LogP contribution in [-0.2, 0) is 26.0 Å². The minimum Gasteiger partial charge on any atom is -0.481 e. The van der Waals surface area contributed by atoms with E-state index < -0.39 is 16.0 Å². The normalized spacial score (nSPS) is 11.2. The van der Waals surface area contributed by atoms with Gasteiger partial charge in [0.1, 0.15) is 0 Å². The number of nitrogens with one attached hydrogen (secondary N) is 1. The maximum Gasteiger partial charge on any atom is 0.303 e. The Morgan fingerprint density at radius 2 is 1.83 bits per heavy atom. The van der Waals surface area contributed by atoms with E-state index in [1.165, 1.54) is 17.0 Å². The van der Waals surface area contributed by atoms with Crippen LogP contribution in [0.5, 0.6) is 0 Å². The van der Waals surface area contributed by atoms with Crippen LogP contribution in [0.2, 0.25) is 0 Å². The lowest BCUT2D eigenvalue weighted by Crippen LogP contribution is -2.29. The summed E-state index contributed by atoms with van der Waals surface area (Å²) in [5.74, 6) is -1.03. The van der Waals surface area contributed by atoms with E-state index in [4.69, 9.17) is 5.11 Å². The highest BCUT2D eigenvalue weighted by atomic mass is 32.2. The van der Waals surface area contributed by atoms with E-state index in [2.05, 4.69) is 4.72 Å². The molecule has 1 aromatic rings. The van der Waals surface area contributed by atoms with Gasteiger partial charge in [-0.05, 0) is 24.1 Å². The zero-order chi connectivity index (χ0) is 17.5. The van der Waals surface area contributed by atoms with Crippen LogP contribution in [0.4, 0.5) is 0 Å². The molecule has 1 amide bonds. The molecule has 1 aromatic carbocycles. The van der Waals surface area contributed by atoms with Crippen molar-refractivity contribution in [2.24, 2.45) is 0 Å². The van der Waals surface area contributed by atoms with Gasteiger partial charge >= 0.3 is 5.97 Å². The molecule has 23 heavy (non-hydrogen) atoms. The van der Waals surface area contributed by atoms with E-state index in [0.717, 1.165) is 0 Å². The highest BCUT2D eigenvalue weighted by Gasteiger charge is 2.14. The lowest BCUT2D eigenvalue weighted by Gasteiger charge is -2.16. The first-order chi connectivity index (χ1) is 10.8. The van der Waals surface area contributed by atoms with Crippen LogP contribution in [0.1, 0.15) is 25.3 Å². The van der Waals surface area contributed by atoms with Crippen molar-refractivity contribution in [2.75, 3.05) is 20.1 Å². The second-order valence-corrected chi connectivity index (χ2v) is 6.90. The van der Waals surface area contributed by atoms with Crippen molar-refractivity contribution in [2.45, 2.75) is 31.1 Å². The number of nitrogens with zero attached hydrogens (tertiary/aromatic N) is 1. The number of benzene rings is 1. The smallest absolute Gasteiger partial charge is 0.303 e. The van der Waals surface area contributed by atoms with Gasteiger partial charge in [0.15, 0.2) is 0 Å². The van der Waals surface area contributed by atoms with Crippen molar-refractivity contribution in [3.63, 3.8) is 0 Å². The third kappa shape index (κ3) is 6.37. The molecule has 0 aliphatic heterocycles. The summed E-state index contributed by atoms with van der Waals surface area (Å²) < 4.78 is 26.0. The summed E-state index contributed by atoms with van der Waals surface area (Å²) in [6.07, 6.45) is 0.567. The average Bonchev–Trinajstić information content (AvgIpc) is 2.47. The van der Waals surface area contributed by atoms with Crippen molar-refractivity contribution in [3.05, 3.63) is 29.8 Å². The van der Waals surface area contributed by atoms with Gasteiger partial charge in [-0.15, -0.1) is 0 Å². The number of sulfonamides is 1. The number of carbonyl (C=O) groups is 2. The Balaban J connectivity index is 2.61. The molecule has 0 spiro atoms. The molecule has 128 valence electrons. The average molecular weight is 342 g/mol. The van der Waals surface area contributed by atoms with Crippen LogP contribution >= 0.6 is 0 Å². The van der Waals surface area contributed by atoms with Crippen molar-refractivity contribution >= 4 is 21.9 Å². The van der Waals surface area contributed by atoms with E-state index in [9.17, 15) is 18.0 Å². The fourth-order valence-corrected chi connectivity index (χ4v) is 3.00. The van der Waals surface area contributed by atoms with Crippen LogP contribution in [0.25, 0.3) is 0 Å². The molecule has 0 saturated heterocycles. The van der Waals surface area contributed by atoms with Crippen LogP contribution in [-0.4, -0.2) is 50.4 Å². The van der Waals surface area contributed by atoms with Crippen LogP contribution in [0.3, 0.4) is 0 Å². The predicted molar refractivity (Wildman–Crippen MR) is 85.5 cm³/mol. The molecular formula is C15H22N2O5S. The van der Waals surface area contributed by atoms with E-state index >= 15 is 0 Å². The number of hydrogen-bond donors (Lipinski definition) is 2. The number of carboxylic acid groups (broad SMARTS) is 1. The molecule has 0 bridgehead atoms. The van der Waals surface area contributed by atoms with Gasteiger partial charge in [0.2, 0.25) is 15.9 Å². The van der Waals surface area contributed by atoms with Gasteiger partial charge in [-0.25, -0.2) is 13.1 Å². The van der Waals surface area contributed by atoms with Gasteiger partial charge in [-0.1, -0.05) is 19.1 Å². The molecule has 0 heterocycles. The first-order valence-corrected chi connectivity index (χ1v) is 8.79. The Labute approximate surface area is 136 Å². The SMILES string of the molecule is CCNS(=O)(=O)c1ccc(CC(=O)N(C)CCCC(=O)O)cc1. The van der Waals surface area contributed by atoms with E-state index in [1.54, 1.807) is 26.1 Å². The summed E-state index contributed by atoms with van der Waals surface area (Å²) in [5, 5.41) is 8.57. The minimum atomic E-state index is -3.49. The first-order valence-electron chi connectivity index (χ1n) is 7.30. The van der Waals surface area contributed by atoms with E-state index in [0.29, 0.717) is 25.1 Å². The van der Waals surface area contributed by atoms with Gasteiger partial charge in [-0.2, -0.15) is 0 Å². The summed E-state index contributed by atoms with van der Waals surface area (Å²) in [4.78, 5) is 24.1. The molecular weight excluding hydrogens is 320 g/mol. The van der Waals surface area contributed by atoms with Gasteiger partial charge in [-0.3, -0.25) is 9.59 Å². The molecule has 1 rings (SSSR count). The lowest BCUT2D eigenvalue weighted by atomic mass is 10.1. The van der Waals surface area contributed by atoms with Gasteiger partial charge in [0.25, 0.3) is 0 Å². The molecule has 0 aromatic heterocycles. The second-order valence-electron chi connectivity index (χ2n) is 5.13. The maximum absolute atomic E-state index is 12.0. The van der Waals surface area contributed by atoms with Gasteiger partial charge < -0.3 is 10.0 Å². The number of rotatable bonds is 9. The number of hydrogen-bond acceptors (Lipinski definition) is 4. The molecule has 0 atom stereocenters. The standard InChI is InChI=1S/C15H22N2O5S/c1-3-16-23(21,22)13-8-6-12(7-9-13)11-14(18)17(2)10-4-5-15(19)20/h6-9,16H,3-5,10-11H2,1-2H3,(H,19,20). The monoisotopic (exact) mass is 342 g/mol. The number of carbonyl (C=O) groups excluding carboxylic acids is 1. The summed E-state index contributed by atoms with van der Waals surface area (Å²) >= 11 is 0. The summed E-state index contributed by atoms with van der Waals surface area (Å²) in [5.41, 5.74) is 0.704. The molecule has 0 aliphatic carbocycles. The Hall–Kier alpha value is -1.93. The molecule has 0 saturated carbocycles. The molecule has 0 unspecified atom stereocenters. The summed E-state index contributed by atoms with van der Waals surface area (Å²) in [7, 11) is -1.87. The first kappa shape index (κ1) is 19.1. The van der Waals surface area contributed by atoms with Crippen LogP contribution in [0, 0.1) is 0 Å². The molecule has 8 heteroatoms. The van der Waals surface area contributed by atoms with Crippen LogP contribution < -0.4 is 4.72 Å². The van der Waals surface area contributed by atoms with Crippen molar-refractivity contribution in [3.8, 4) is 0 Å². The molecule has 0 aliphatic rings. The number of likely N-dealkylation sites (N-methyl/N-ethyl adjacent to an activating group) is 1. The van der Waals surface area contributed by atoms with Crippen LogP contribution in [0.15, 0.2) is 29.2 Å². The number of aliphatic carboxylic acids is 1. The summed E-state index contributed by atoms with van der Waals surface area (Å²) in [6, 6.07) is 6.14. The zero-order valence-electron chi connectivity index (χ0n) is 13.3. The zero-order valence-corrected chi connectivity index (χ0v) is 14.1. The van der Waals surface area contributed by atoms with Crippen molar-refractivity contribution in [1.82, 2.24) is 9.62 Å². The fourth-order valence-electron chi connectivity index (χ4n) is 1.96. The highest BCUT2D eigenvalue weighted by molar-refractivity contribution is 7.89. The lowest BCUT2D eigenvalue weighted by molar-refractivity contribution is -0.138. The molecule has 7 nitrogen and oxygen atoms in total. The topological polar surface area (TPSA) is 104 Å². The molecule has 0 radical (unpaired) electrons. The fraction of sp³-hybridized carbons (Fsp3) is 0.467. The quantitative estimate of drug-likeness (QED) is 0.692. The minimum absolute atomic E-state index is 0.0224. The Morgan fingerprint density at radius 1 is 1.22 bits per heavy atom. The Morgan fingerprint density at radius 3 is 2.35 bits per heavy atom. The third-order valence-electron chi connectivity index (χ3n) is 3.23. The van der Waals surface area contributed by atoms with E-state index in [-0.39, 0.29) is 23.6 Å². The van der Waals surface area contributed by atoms with Gasteiger partial charge in [0, 0.05) is 26.6 Å². The Bertz CT molecular complexity index is 640. The van der Waals surface area contributed by atoms with Gasteiger partial charge in [0.05, 0.1) is 11.3 Å². The predicted octanol–water partition coefficient (Wildman–Crippen LogP) is 0.851. The number of carboxylic acids is 1. The summed E-state index contributed by atoms with van der Waals surface area (Å²) in [6.45, 7) is 2.38.